The first-order chi connectivity index (χ1) is 11.3. The van der Waals surface area contributed by atoms with Gasteiger partial charge < -0.3 is 5.32 Å². The number of nitrogens with zero attached hydrogens (tertiary/aromatic N) is 3. The number of carbonyl (C=O) groups is 1. The number of hydrogen-bond acceptors (Lipinski definition) is 5. The van der Waals surface area contributed by atoms with Gasteiger partial charge in [-0.05, 0) is 36.1 Å². The summed E-state index contributed by atoms with van der Waals surface area (Å²) in [6, 6.07) is 12.0. The molecule has 23 heavy (non-hydrogen) atoms. The molecule has 0 aliphatic heterocycles. The minimum Gasteiger partial charge on any atom is -0.342 e. The second kappa shape index (κ2) is 5.58. The quantitative estimate of drug-likeness (QED) is 0.772. The van der Waals surface area contributed by atoms with Crippen molar-refractivity contribution in [2.45, 2.75) is 24.8 Å². The molecule has 0 atom stereocenters. The largest absolute Gasteiger partial charge is 0.342 e. The molecule has 2 N–H and O–H groups in total. The summed E-state index contributed by atoms with van der Waals surface area (Å²) in [5.74, 6) is 0.454. The van der Waals surface area contributed by atoms with Crippen molar-refractivity contribution in [2.24, 2.45) is 0 Å². The third-order valence-corrected chi connectivity index (χ3v) is 5.24. The fourth-order valence-electron chi connectivity index (χ4n) is 2.90. The van der Waals surface area contributed by atoms with E-state index < -0.39 is 0 Å². The van der Waals surface area contributed by atoms with E-state index in [1.54, 1.807) is 0 Å². The van der Waals surface area contributed by atoms with Crippen LogP contribution in [0.3, 0.4) is 0 Å². The summed E-state index contributed by atoms with van der Waals surface area (Å²) in [6.07, 6.45) is 3.09. The molecule has 3 aromatic rings. The van der Waals surface area contributed by atoms with Gasteiger partial charge in [0.15, 0.2) is 0 Å². The van der Waals surface area contributed by atoms with E-state index in [1.165, 1.54) is 16.9 Å². The standard InChI is InChI=1S/C16H15N5OS/c22-15(11-9-13(23-10-11)14-18-20-21-19-14)17-16(7-4-8-16)12-5-2-1-3-6-12/h1-3,5-6,9-10H,4,7-8H2,(H,17,22)(H,18,19,20,21). The Hall–Kier alpha value is -2.54. The highest BCUT2D eigenvalue weighted by Crippen LogP contribution is 2.41. The summed E-state index contributed by atoms with van der Waals surface area (Å²) in [7, 11) is 0. The third kappa shape index (κ3) is 2.53. The monoisotopic (exact) mass is 325 g/mol. The molecule has 0 saturated heterocycles. The second-order valence-electron chi connectivity index (χ2n) is 5.69. The number of rotatable bonds is 4. The van der Waals surface area contributed by atoms with E-state index in [1.807, 2.05) is 29.6 Å². The molecule has 0 unspecified atom stereocenters. The SMILES string of the molecule is O=C(NC1(c2ccccc2)CCC1)c1csc(-c2nn[nH]n2)c1. The maximum Gasteiger partial charge on any atom is 0.252 e. The van der Waals surface area contributed by atoms with Crippen molar-refractivity contribution in [3.8, 4) is 10.7 Å². The highest BCUT2D eigenvalue weighted by atomic mass is 32.1. The molecule has 1 aromatic carbocycles. The van der Waals surface area contributed by atoms with E-state index >= 15 is 0 Å². The molecular weight excluding hydrogens is 310 g/mol. The van der Waals surface area contributed by atoms with Crippen LogP contribution < -0.4 is 5.32 Å². The van der Waals surface area contributed by atoms with Gasteiger partial charge in [0.05, 0.1) is 16.0 Å². The molecule has 0 spiro atoms. The van der Waals surface area contributed by atoms with E-state index in [9.17, 15) is 4.79 Å². The molecule has 1 aliphatic carbocycles. The zero-order valence-electron chi connectivity index (χ0n) is 12.3. The summed E-state index contributed by atoms with van der Waals surface area (Å²) in [4.78, 5) is 13.5. The average Bonchev–Trinajstić information content (AvgIpc) is 3.22. The molecule has 0 bridgehead atoms. The first-order valence-electron chi connectivity index (χ1n) is 7.47. The summed E-state index contributed by atoms with van der Waals surface area (Å²) in [5.41, 5.74) is 1.58. The number of aromatic amines is 1. The average molecular weight is 325 g/mol. The van der Waals surface area contributed by atoms with Gasteiger partial charge in [-0.15, -0.1) is 21.5 Å². The number of thiophene rings is 1. The molecular formula is C16H15N5OS. The van der Waals surface area contributed by atoms with E-state index in [0.29, 0.717) is 11.4 Å². The molecule has 1 amide bonds. The Labute approximate surface area is 136 Å². The van der Waals surface area contributed by atoms with Gasteiger partial charge in [-0.2, -0.15) is 5.21 Å². The minimum atomic E-state index is -0.230. The van der Waals surface area contributed by atoms with Crippen LogP contribution in [-0.2, 0) is 5.54 Å². The van der Waals surface area contributed by atoms with Crippen LogP contribution in [0.25, 0.3) is 10.7 Å². The Morgan fingerprint density at radius 2 is 2.09 bits per heavy atom. The van der Waals surface area contributed by atoms with Crippen molar-refractivity contribution in [1.29, 1.82) is 0 Å². The number of aromatic nitrogens is 4. The number of H-pyrrole nitrogens is 1. The highest BCUT2D eigenvalue weighted by Gasteiger charge is 2.40. The number of amides is 1. The van der Waals surface area contributed by atoms with Crippen LogP contribution >= 0.6 is 11.3 Å². The van der Waals surface area contributed by atoms with Crippen molar-refractivity contribution in [2.75, 3.05) is 0 Å². The highest BCUT2D eigenvalue weighted by molar-refractivity contribution is 7.13. The Morgan fingerprint density at radius 3 is 2.74 bits per heavy atom. The van der Waals surface area contributed by atoms with Crippen molar-refractivity contribution >= 4 is 17.2 Å². The summed E-state index contributed by atoms with van der Waals surface area (Å²) >= 11 is 1.44. The van der Waals surface area contributed by atoms with Gasteiger partial charge in [0.25, 0.3) is 5.91 Å². The number of nitrogens with one attached hydrogen (secondary N) is 2. The van der Waals surface area contributed by atoms with Crippen molar-refractivity contribution < 1.29 is 4.79 Å². The lowest BCUT2D eigenvalue weighted by Crippen LogP contribution is -2.50. The molecule has 0 radical (unpaired) electrons. The molecule has 1 saturated carbocycles. The Kier molecular flexibility index (Phi) is 3.42. The van der Waals surface area contributed by atoms with E-state index in [2.05, 4.69) is 38.1 Å². The molecule has 7 heteroatoms. The zero-order chi connectivity index (χ0) is 15.7. The Morgan fingerprint density at radius 1 is 1.26 bits per heavy atom. The predicted molar refractivity (Wildman–Crippen MR) is 86.9 cm³/mol. The van der Waals surface area contributed by atoms with Gasteiger partial charge >= 0.3 is 0 Å². The number of benzene rings is 1. The van der Waals surface area contributed by atoms with E-state index in [-0.39, 0.29) is 11.4 Å². The first-order valence-corrected chi connectivity index (χ1v) is 8.35. The van der Waals surface area contributed by atoms with Crippen LogP contribution in [0.2, 0.25) is 0 Å². The molecule has 4 rings (SSSR count). The van der Waals surface area contributed by atoms with Crippen molar-refractivity contribution in [3.63, 3.8) is 0 Å². The van der Waals surface area contributed by atoms with Crippen molar-refractivity contribution in [1.82, 2.24) is 25.9 Å². The van der Waals surface area contributed by atoms with Crippen molar-refractivity contribution in [3.05, 3.63) is 52.9 Å². The summed E-state index contributed by atoms with van der Waals surface area (Å²) in [5, 5.41) is 18.9. The lowest BCUT2D eigenvalue weighted by Gasteiger charge is -2.43. The normalized spacial score (nSPS) is 15.8. The third-order valence-electron chi connectivity index (χ3n) is 4.31. The van der Waals surface area contributed by atoms with Gasteiger partial charge in [0, 0.05) is 5.38 Å². The molecule has 6 nitrogen and oxygen atoms in total. The molecule has 2 heterocycles. The minimum absolute atomic E-state index is 0.0560. The van der Waals surface area contributed by atoms with Crippen LogP contribution in [0.4, 0.5) is 0 Å². The Bertz CT molecular complexity index is 808. The van der Waals surface area contributed by atoms with Gasteiger partial charge in [-0.25, -0.2) is 0 Å². The number of hydrogen-bond donors (Lipinski definition) is 2. The molecule has 1 aliphatic rings. The zero-order valence-corrected chi connectivity index (χ0v) is 13.1. The van der Waals surface area contributed by atoms with Crippen LogP contribution in [0.15, 0.2) is 41.8 Å². The maximum atomic E-state index is 12.6. The van der Waals surface area contributed by atoms with Gasteiger partial charge in [-0.1, -0.05) is 30.3 Å². The lowest BCUT2D eigenvalue weighted by atomic mass is 9.71. The number of tetrazole rings is 1. The topological polar surface area (TPSA) is 83.6 Å². The Balaban J connectivity index is 1.56. The smallest absolute Gasteiger partial charge is 0.252 e. The second-order valence-corrected chi connectivity index (χ2v) is 6.60. The summed E-state index contributed by atoms with van der Waals surface area (Å²) in [6.45, 7) is 0. The van der Waals surface area contributed by atoms with E-state index in [0.717, 1.165) is 24.1 Å². The molecule has 2 aromatic heterocycles. The fourth-order valence-corrected chi connectivity index (χ4v) is 3.72. The van der Waals surface area contributed by atoms with Gasteiger partial charge in [0.1, 0.15) is 0 Å². The summed E-state index contributed by atoms with van der Waals surface area (Å²) < 4.78 is 0. The molecule has 1 fully saturated rings. The van der Waals surface area contributed by atoms with Crippen LogP contribution in [0.1, 0.15) is 35.2 Å². The van der Waals surface area contributed by atoms with Gasteiger partial charge in [0.2, 0.25) is 5.82 Å². The predicted octanol–water partition coefficient (Wildman–Crippen LogP) is 2.74. The number of carbonyl (C=O) groups excluding carboxylic acids is 1. The van der Waals surface area contributed by atoms with Crippen LogP contribution in [-0.4, -0.2) is 26.5 Å². The van der Waals surface area contributed by atoms with E-state index in [4.69, 9.17) is 0 Å². The fraction of sp³-hybridized carbons (Fsp3) is 0.250. The van der Waals surface area contributed by atoms with Crippen LogP contribution in [0, 0.1) is 0 Å². The first kappa shape index (κ1) is 14.1. The van der Waals surface area contributed by atoms with Crippen LogP contribution in [0.5, 0.6) is 0 Å². The maximum absolute atomic E-state index is 12.6. The van der Waals surface area contributed by atoms with Gasteiger partial charge in [-0.3, -0.25) is 4.79 Å². The molecule has 116 valence electrons. The lowest BCUT2D eigenvalue weighted by molar-refractivity contribution is 0.0824.